The van der Waals surface area contributed by atoms with E-state index in [1.54, 1.807) is 13.2 Å². The number of hydrogen-bond donors (Lipinski definition) is 3. The first-order chi connectivity index (χ1) is 12.6. The molecule has 6 nitrogen and oxygen atoms in total. The fraction of sp³-hybridized carbons (Fsp3) is 0.300. The Labute approximate surface area is 152 Å². The number of fused-ring (bicyclic) bond motifs is 1. The van der Waals surface area contributed by atoms with Crippen LogP contribution in [0.4, 0.5) is 5.69 Å². The van der Waals surface area contributed by atoms with E-state index in [0.717, 1.165) is 12.1 Å². The van der Waals surface area contributed by atoms with Crippen molar-refractivity contribution in [2.24, 2.45) is 0 Å². The second-order valence-electron chi connectivity index (χ2n) is 6.49. The average molecular weight is 354 g/mol. The Morgan fingerprint density at radius 2 is 1.96 bits per heavy atom. The summed E-state index contributed by atoms with van der Waals surface area (Å²) < 4.78 is 5.25. The van der Waals surface area contributed by atoms with Crippen LogP contribution in [0.5, 0.6) is 5.75 Å². The van der Waals surface area contributed by atoms with E-state index in [-0.39, 0.29) is 24.4 Å². The molecule has 2 aromatic carbocycles. The predicted molar refractivity (Wildman–Crippen MR) is 98.9 cm³/mol. The number of methoxy groups -OCH3 is 1. The van der Waals surface area contributed by atoms with E-state index >= 15 is 0 Å². The Bertz CT molecular complexity index is 820. The minimum atomic E-state index is -0.279. The summed E-state index contributed by atoms with van der Waals surface area (Å²) in [6.07, 6.45) is 0.676. The normalized spacial score (nSPS) is 15.7. The van der Waals surface area contributed by atoms with E-state index in [1.807, 2.05) is 36.5 Å². The zero-order valence-electron chi connectivity index (χ0n) is 15.0. The van der Waals surface area contributed by atoms with Crippen LogP contribution < -0.4 is 20.7 Å². The molecule has 0 saturated heterocycles. The topological polar surface area (TPSA) is 84.0 Å². The summed E-state index contributed by atoms with van der Waals surface area (Å²) in [6, 6.07) is 13.5. The highest BCUT2D eigenvalue weighted by Gasteiger charge is 2.27. The lowest BCUT2D eigenvalue weighted by Crippen LogP contribution is -2.93. The van der Waals surface area contributed by atoms with Gasteiger partial charge in [-0.05, 0) is 30.2 Å². The maximum atomic E-state index is 12.4. The lowest BCUT2D eigenvalue weighted by Gasteiger charge is -2.22. The molecule has 4 N–H and O–H groups in total. The number of carbonyl (C=O) groups is 2. The number of rotatable bonds is 5. The molecule has 0 fully saturated rings. The maximum absolute atomic E-state index is 12.4. The fourth-order valence-corrected chi connectivity index (χ4v) is 3.16. The molecule has 6 heteroatoms. The summed E-state index contributed by atoms with van der Waals surface area (Å²) in [5.41, 5.74) is 4.08. The van der Waals surface area contributed by atoms with Crippen LogP contribution in [0.25, 0.3) is 0 Å². The average Bonchev–Trinajstić information content (AvgIpc) is 2.66. The largest absolute Gasteiger partial charge is 0.495 e. The van der Waals surface area contributed by atoms with E-state index in [0.29, 0.717) is 17.9 Å². The van der Waals surface area contributed by atoms with Gasteiger partial charge in [0.25, 0.3) is 5.91 Å². The highest BCUT2D eigenvalue weighted by molar-refractivity contribution is 5.96. The summed E-state index contributed by atoms with van der Waals surface area (Å²) >= 11 is 0. The molecule has 26 heavy (non-hydrogen) atoms. The van der Waals surface area contributed by atoms with Gasteiger partial charge in [0.2, 0.25) is 5.91 Å². The molecule has 0 aromatic heterocycles. The lowest BCUT2D eigenvalue weighted by atomic mass is 9.95. The molecule has 3 rings (SSSR count). The number of anilines is 1. The first-order valence-electron chi connectivity index (χ1n) is 8.69. The van der Waals surface area contributed by atoms with Gasteiger partial charge in [0, 0.05) is 12.0 Å². The van der Waals surface area contributed by atoms with E-state index in [1.165, 1.54) is 11.1 Å². The number of quaternary nitrogens is 1. The Kier molecular flexibility index (Phi) is 5.53. The number of ether oxygens (including phenoxy) is 1. The Morgan fingerprint density at radius 1 is 1.19 bits per heavy atom. The van der Waals surface area contributed by atoms with Crippen molar-refractivity contribution in [3.05, 3.63) is 59.2 Å². The lowest BCUT2D eigenvalue weighted by molar-refractivity contribution is -0.695. The standard InChI is InChI=1S/C20H23N3O3/c1-13-7-8-18(26-2)16(9-13)23-19(24)12-22-20(25)17-10-14-5-3-4-6-15(14)11-21-17/h3-9,17,21H,10-12H2,1-2H3,(H,22,25)(H,23,24)/p+1/t17-/m0/s1. The van der Waals surface area contributed by atoms with Gasteiger partial charge < -0.3 is 20.7 Å². The molecule has 1 atom stereocenters. The molecule has 0 bridgehead atoms. The van der Waals surface area contributed by atoms with Crippen molar-refractivity contribution in [1.82, 2.24) is 5.32 Å². The summed E-state index contributed by atoms with van der Waals surface area (Å²) in [6.45, 7) is 2.65. The first kappa shape index (κ1) is 17.9. The maximum Gasteiger partial charge on any atom is 0.279 e. The van der Waals surface area contributed by atoms with Crippen LogP contribution in [0.15, 0.2) is 42.5 Å². The van der Waals surface area contributed by atoms with Crippen LogP contribution >= 0.6 is 0 Å². The Hall–Kier alpha value is -2.86. The molecular weight excluding hydrogens is 330 g/mol. The molecule has 2 amide bonds. The molecule has 0 saturated carbocycles. The van der Waals surface area contributed by atoms with E-state index in [9.17, 15) is 9.59 Å². The summed E-state index contributed by atoms with van der Waals surface area (Å²) in [7, 11) is 1.55. The molecule has 136 valence electrons. The van der Waals surface area contributed by atoms with Gasteiger partial charge in [0.05, 0.1) is 19.3 Å². The van der Waals surface area contributed by atoms with Crippen molar-refractivity contribution in [2.45, 2.75) is 25.9 Å². The second kappa shape index (κ2) is 8.01. The van der Waals surface area contributed by atoms with Crippen LogP contribution in [0, 0.1) is 6.92 Å². The van der Waals surface area contributed by atoms with Gasteiger partial charge in [-0.3, -0.25) is 9.59 Å². The van der Waals surface area contributed by atoms with E-state index in [2.05, 4.69) is 22.8 Å². The van der Waals surface area contributed by atoms with Gasteiger partial charge in [-0.2, -0.15) is 0 Å². The molecule has 1 aliphatic rings. The number of hydrogen-bond acceptors (Lipinski definition) is 3. The molecular formula is C20H24N3O3+. The number of benzene rings is 2. The molecule has 1 aliphatic heterocycles. The van der Waals surface area contributed by atoms with Crippen LogP contribution in [0.3, 0.4) is 0 Å². The molecule has 2 aromatic rings. The third kappa shape index (κ3) is 4.21. The number of nitrogens with one attached hydrogen (secondary N) is 2. The highest BCUT2D eigenvalue weighted by atomic mass is 16.5. The van der Waals surface area contributed by atoms with Crippen molar-refractivity contribution >= 4 is 17.5 Å². The number of nitrogens with two attached hydrogens (primary N) is 1. The molecule has 0 aliphatic carbocycles. The number of carbonyl (C=O) groups excluding carboxylic acids is 2. The minimum absolute atomic E-state index is 0.0675. The van der Waals surface area contributed by atoms with Crippen LogP contribution in [0.1, 0.15) is 16.7 Å². The highest BCUT2D eigenvalue weighted by Crippen LogP contribution is 2.24. The zero-order chi connectivity index (χ0) is 18.5. The molecule has 0 unspecified atom stereocenters. The van der Waals surface area contributed by atoms with Gasteiger partial charge in [-0.1, -0.05) is 30.3 Å². The Morgan fingerprint density at radius 3 is 2.73 bits per heavy atom. The van der Waals surface area contributed by atoms with Gasteiger partial charge in [0.15, 0.2) is 6.04 Å². The van der Waals surface area contributed by atoms with E-state index in [4.69, 9.17) is 4.74 Å². The predicted octanol–water partition coefficient (Wildman–Crippen LogP) is 0.747. The molecule has 0 radical (unpaired) electrons. The number of aryl methyl sites for hydroxylation is 1. The summed E-state index contributed by atoms with van der Waals surface area (Å²) in [4.78, 5) is 24.6. The van der Waals surface area contributed by atoms with Crippen molar-refractivity contribution in [3.8, 4) is 5.75 Å². The third-order valence-electron chi connectivity index (χ3n) is 4.57. The van der Waals surface area contributed by atoms with Gasteiger partial charge in [-0.15, -0.1) is 0 Å². The van der Waals surface area contributed by atoms with Crippen molar-refractivity contribution in [3.63, 3.8) is 0 Å². The summed E-state index contributed by atoms with van der Waals surface area (Å²) in [5, 5.41) is 7.53. The monoisotopic (exact) mass is 354 g/mol. The fourth-order valence-electron chi connectivity index (χ4n) is 3.16. The summed E-state index contributed by atoms with van der Waals surface area (Å²) in [5.74, 6) is 0.191. The SMILES string of the molecule is COc1ccc(C)cc1NC(=O)CNC(=O)[C@@H]1Cc2ccccc2C[NH2+]1. The zero-order valence-corrected chi connectivity index (χ0v) is 15.0. The van der Waals surface area contributed by atoms with Crippen LogP contribution in [-0.2, 0) is 22.6 Å². The molecule has 1 heterocycles. The van der Waals surface area contributed by atoms with Gasteiger partial charge in [0.1, 0.15) is 12.3 Å². The second-order valence-corrected chi connectivity index (χ2v) is 6.49. The smallest absolute Gasteiger partial charge is 0.279 e. The minimum Gasteiger partial charge on any atom is -0.495 e. The quantitative estimate of drug-likeness (QED) is 0.741. The number of amides is 2. The van der Waals surface area contributed by atoms with Gasteiger partial charge in [-0.25, -0.2) is 0 Å². The van der Waals surface area contributed by atoms with Crippen molar-refractivity contribution in [1.29, 1.82) is 0 Å². The molecule has 0 spiro atoms. The Balaban J connectivity index is 1.54. The van der Waals surface area contributed by atoms with Crippen molar-refractivity contribution in [2.75, 3.05) is 19.0 Å². The van der Waals surface area contributed by atoms with Gasteiger partial charge >= 0.3 is 0 Å². The van der Waals surface area contributed by atoms with E-state index < -0.39 is 0 Å². The van der Waals surface area contributed by atoms with Crippen molar-refractivity contribution < 1.29 is 19.6 Å². The third-order valence-corrected chi connectivity index (χ3v) is 4.57. The van der Waals surface area contributed by atoms with Crippen LogP contribution in [0.2, 0.25) is 0 Å². The first-order valence-corrected chi connectivity index (χ1v) is 8.69. The van der Waals surface area contributed by atoms with Crippen LogP contribution in [-0.4, -0.2) is 31.5 Å².